The number of rotatable bonds is 13. The topological polar surface area (TPSA) is 186 Å². The molecular weight excluding hydrogens is 608 g/mol. The Balaban J connectivity index is 1.81. The lowest BCUT2D eigenvalue weighted by atomic mass is 10.0. The number of carbonyl (C=O) groups excluding carboxylic acids is 4. The molecule has 0 aliphatic heterocycles. The third kappa shape index (κ3) is 13.5. The average Bonchev–Trinajstić information content (AvgIpc) is 3.50. The Kier molecular flexibility index (Phi) is 13.4. The number of nitrogens with zero attached hydrogens (tertiary/aromatic N) is 4. The van der Waals surface area contributed by atoms with Gasteiger partial charge in [-0.05, 0) is 66.2 Å². The van der Waals surface area contributed by atoms with E-state index in [0.717, 1.165) is 22.9 Å². The summed E-state index contributed by atoms with van der Waals surface area (Å²) in [6.07, 6.45) is 1.59. The molecule has 2 aromatic rings. The van der Waals surface area contributed by atoms with Crippen LogP contribution in [0.25, 0.3) is 0 Å². The number of hydrogen-bond acceptors (Lipinski definition) is 12. The van der Waals surface area contributed by atoms with Gasteiger partial charge in [-0.25, -0.2) is 9.59 Å². The summed E-state index contributed by atoms with van der Waals surface area (Å²) < 4.78 is 10.5. The maximum atomic E-state index is 12.8. The Hall–Kier alpha value is -3.40. The fourth-order valence-corrected chi connectivity index (χ4v) is 5.24. The van der Waals surface area contributed by atoms with Crippen molar-refractivity contribution in [2.45, 2.75) is 118 Å². The van der Waals surface area contributed by atoms with Gasteiger partial charge in [0, 0.05) is 12.8 Å². The van der Waals surface area contributed by atoms with Crippen LogP contribution in [0.1, 0.15) is 92.1 Å². The molecule has 0 radical (unpaired) electrons. The average molecular weight is 655 g/mol. The molecule has 16 heteroatoms. The van der Waals surface area contributed by atoms with Crippen molar-refractivity contribution in [1.29, 1.82) is 0 Å². The normalized spacial score (nSPS) is 13.3. The highest BCUT2D eigenvalue weighted by Crippen LogP contribution is 2.21. The lowest BCUT2D eigenvalue weighted by molar-refractivity contribution is -0.119. The molecule has 0 saturated carbocycles. The predicted molar refractivity (Wildman–Crippen MR) is 170 cm³/mol. The van der Waals surface area contributed by atoms with Crippen molar-refractivity contribution in [3.63, 3.8) is 0 Å². The summed E-state index contributed by atoms with van der Waals surface area (Å²) in [5, 5.41) is 29.4. The zero-order chi connectivity index (χ0) is 33.2. The number of nitrogens with one attached hydrogen (secondary N) is 4. The molecule has 4 N–H and O–H groups in total. The van der Waals surface area contributed by atoms with Crippen LogP contribution in [0.5, 0.6) is 0 Å². The maximum Gasteiger partial charge on any atom is 0.408 e. The molecule has 0 spiro atoms. The Bertz CT molecular complexity index is 1170. The zero-order valence-electron chi connectivity index (χ0n) is 27.2. The van der Waals surface area contributed by atoms with Crippen molar-refractivity contribution < 1.29 is 28.7 Å². The number of alkyl carbamates (subject to hydrolysis) is 2. The smallest absolute Gasteiger partial charge is 0.408 e. The van der Waals surface area contributed by atoms with Crippen LogP contribution in [0.15, 0.2) is 0 Å². The first-order valence-electron chi connectivity index (χ1n) is 14.6. The van der Waals surface area contributed by atoms with Gasteiger partial charge in [0.25, 0.3) is 0 Å². The Morgan fingerprint density at radius 2 is 0.977 bits per heavy atom. The van der Waals surface area contributed by atoms with Crippen LogP contribution >= 0.6 is 22.7 Å². The Morgan fingerprint density at radius 1 is 0.636 bits per heavy atom. The molecule has 0 aliphatic rings. The molecule has 4 amide bonds. The second-order valence-corrected chi connectivity index (χ2v) is 15.0. The number of unbranched alkanes of at least 4 members (excludes halogenated alkanes) is 1. The van der Waals surface area contributed by atoms with Gasteiger partial charge >= 0.3 is 12.2 Å². The minimum atomic E-state index is -0.795. The third-order valence-corrected chi connectivity index (χ3v) is 7.46. The van der Waals surface area contributed by atoms with Crippen LogP contribution < -0.4 is 21.3 Å². The monoisotopic (exact) mass is 654 g/mol. The van der Waals surface area contributed by atoms with E-state index in [2.05, 4.69) is 41.7 Å². The molecule has 0 bridgehead atoms. The predicted octanol–water partition coefficient (Wildman–Crippen LogP) is 4.93. The first-order valence-corrected chi connectivity index (χ1v) is 16.2. The molecule has 14 nitrogen and oxygen atoms in total. The number of amides is 4. The summed E-state index contributed by atoms with van der Waals surface area (Å²) in [5.74, 6) is -1.13. The molecule has 0 saturated heterocycles. The van der Waals surface area contributed by atoms with Crippen molar-refractivity contribution >= 4 is 56.9 Å². The van der Waals surface area contributed by atoms with E-state index in [1.54, 1.807) is 41.5 Å². The molecule has 0 aromatic carbocycles. The third-order valence-electron chi connectivity index (χ3n) is 5.67. The van der Waals surface area contributed by atoms with E-state index in [1.807, 2.05) is 27.7 Å². The first kappa shape index (κ1) is 36.8. The van der Waals surface area contributed by atoms with Gasteiger partial charge in [-0.15, -0.1) is 20.4 Å². The highest BCUT2D eigenvalue weighted by Gasteiger charge is 2.29. The summed E-state index contributed by atoms with van der Waals surface area (Å²) in [4.78, 5) is 50.0. The molecule has 0 fully saturated rings. The first-order chi connectivity index (χ1) is 20.3. The largest absolute Gasteiger partial charge is 0.444 e. The molecular formula is C28H46N8O6S2. The second kappa shape index (κ2) is 16.1. The highest BCUT2D eigenvalue weighted by atomic mass is 32.1. The van der Waals surface area contributed by atoms with Crippen LogP contribution in [0.4, 0.5) is 19.9 Å². The van der Waals surface area contributed by atoms with Crippen molar-refractivity contribution in [3.8, 4) is 0 Å². The number of aryl methyl sites for hydroxylation is 2. The standard InChI is InChI=1S/C28H46N8O6S2/c1-15(2)19(29-25(39)41-27(5,6)7)21(37)31-23-35-33-17(43-23)13-11-12-14-18-34-36-24(44-18)32-22(38)20(16(3)4)30-26(40)42-28(8,9)10/h15-16,19-20H,11-14H2,1-10H3,(H,29,39)(H,30,40)(H,31,35,37)(H,32,36,38)/t19-,20+. The van der Waals surface area contributed by atoms with E-state index < -0.39 is 47.3 Å². The molecule has 2 atom stereocenters. The van der Waals surface area contributed by atoms with E-state index in [9.17, 15) is 19.2 Å². The van der Waals surface area contributed by atoms with Crippen LogP contribution in [-0.2, 0) is 31.9 Å². The van der Waals surface area contributed by atoms with E-state index in [0.29, 0.717) is 23.1 Å². The molecule has 44 heavy (non-hydrogen) atoms. The van der Waals surface area contributed by atoms with E-state index in [4.69, 9.17) is 9.47 Å². The molecule has 0 aliphatic carbocycles. The minimum absolute atomic E-state index is 0.172. The van der Waals surface area contributed by atoms with Gasteiger partial charge in [-0.3, -0.25) is 20.2 Å². The van der Waals surface area contributed by atoms with Crippen LogP contribution in [0.3, 0.4) is 0 Å². The van der Waals surface area contributed by atoms with Crippen LogP contribution in [0.2, 0.25) is 0 Å². The van der Waals surface area contributed by atoms with Gasteiger partial charge in [-0.2, -0.15) is 0 Å². The molecule has 0 unspecified atom stereocenters. The lowest BCUT2D eigenvalue weighted by Gasteiger charge is -2.24. The van der Waals surface area contributed by atoms with E-state index >= 15 is 0 Å². The molecule has 2 rings (SSSR count). The number of aromatic nitrogens is 4. The Labute approximate surface area is 266 Å². The number of ether oxygens (including phenoxy) is 2. The van der Waals surface area contributed by atoms with E-state index in [1.165, 1.54) is 22.7 Å². The van der Waals surface area contributed by atoms with Crippen LogP contribution in [0, 0.1) is 11.8 Å². The highest BCUT2D eigenvalue weighted by molar-refractivity contribution is 7.15. The SMILES string of the molecule is CC(C)[C@H](NC(=O)OC(C)(C)C)C(=O)Nc1nnc(CCCCc2nnc(NC(=O)[C@H](NC(=O)OC(C)(C)C)C(C)C)s2)s1. The summed E-state index contributed by atoms with van der Waals surface area (Å²) >= 11 is 2.56. The maximum absolute atomic E-state index is 12.8. The lowest BCUT2D eigenvalue weighted by Crippen LogP contribution is -2.48. The van der Waals surface area contributed by atoms with Gasteiger partial charge in [-0.1, -0.05) is 50.4 Å². The van der Waals surface area contributed by atoms with Crippen molar-refractivity contribution in [2.75, 3.05) is 10.6 Å². The minimum Gasteiger partial charge on any atom is -0.444 e. The summed E-state index contributed by atoms with van der Waals surface area (Å²) in [7, 11) is 0. The second-order valence-electron chi connectivity index (χ2n) is 12.9. The van der Waals surface area contributed by atoms with Gasteiger partial charge in [0.05, 0.1) is 0 Å². The Morgan fingerprint density at radius 3 is 1.27 bits per heavy atom. The molecule has 2 heterocycles. The van der Waals surface area contributed by atoms with Gasteiger partial charge in [0.2, 0.25) is 22.1 Å². The molecule has 246 valence electrons. The number of anilines is 2. The van der Waals surface area contributed by atoms with E-state index in [-0.39, 0.29) is 11.8 Å². The molecule has 2 aromatic heterocycles. The number of carbonyl (C=O) groups is 4. The van der Waals surface area contributed by atoms with Crippen molar-refractivity contribution in [1.82, 2.24) is 31.0 Å². The summed E-state index contributed by atoms with van der Waals surface area (Å²) in [6.45, 7) is 17.8. The summed E-state index contributed by atoms with van der Waals surface area (Å²) in [6, 6.07) is -1.59. The van der Waals surface area contributed by atoms with Crippen LogP contribution in [-0.4, -0.2) is 67.7 Å². The fraction of sp³-hybridized carbons (Fsp3) is 0.714. The quantitative estimate of drug-likeness (QED) is 0.216. The summed E-state index contributed by atoms with van der Waals surface area (Å²) in [5.41, 5.74) is -1.35. The van der Waals surface area contributed by atoms with Gasteiger partial charge < -0.3 is 20.1 Å². The van der Waals surface area contributed by atoms with Gasteiger partial charge in [0.1, 0.15) is 33.3 Å². The van der Waals surface area contributed by atoms with Crippen molar-refractivity contribution in [2.24, 2.45) is 11.8 Å². The zero-order valence-corrected chi connectivity index (χ0v) is 28.8. The number of hydrogen-bond donors (Lipinski definition) is 4. The fourth-order valence-electron chi connectivity index (χ4n) is 3.67. The van der Waals surface area contributed by atoms with Gasteiger partial charge in [0.15, 0.2) is 0 Å². The van der Waals surface area contributed by atoms with Crippen molar-refractivity contribution in [3.05, 3.63) is 10.0 Å².